The van der Waals surface area contributed by atoms with Crippen LogP contribution in [0.5, 0.6) is 0 Å². The second-order valence-corrected chi connectivity index (χ2v) is 4.47. The first kappa shape index (κ1) is 12.7. The molecule has 0 aliphatic carbocycles. The monoisotopic (exact) mass is 234 g/mol. The third kappa shape index (κ3) is 4.03. The molecule has 3 heteroatoms. The van der Waals surface area contributed by atoms with Crippen LogP contribution in [0.4, 0.5) is 5.69 Å². The van der Waals surface area contributed by atoms with E-state index in [4.69, 9.17) is 12.2 Å². The van der Waals surface area contributed by atoms with Gasteiger partial charge in [-0.2, -0.15) is 0 Å². The van der Waals surface area contributed by atoms with Gasteiger partial charge in [0.1, 0.15) is 0 Å². The number of hydrogen-bond acceptors (Lipinski definition) is 1. The molecule has 1 aromatic carbocycles. The molecule has 0 saturated carbocycles. The van der Waals surface area contributed by atoms with Crippen molar-refractivity contribution in [2.75, 3.05) is 11.9 Å². The molecule has 0 fully saturated rings. The first-order chi connectivity index (χ1) is 7.49. The molecule has 0 heterocycles. The third-order valence-corrected chi connectivity index (χ3v) is 2.56. The predicted molar refractivity (Wildman–Crippen MR) is 75.0 cm³/mol. The summed E-state index contributed by atoms with van der Waals surface area (Å²) in [7, 11) is 0. The van der Waals surface area contributed by atoms with Crippen LogP contribution in [0, 0.1) is 13.8 Å². The van der Waals surface area contributed by atoms with Crippen LogP contribution in [0.3, 0.4) is 0 Å². The highest BCUT2D eigenvalue weighted by Gasteiger charge is 1.98. The maximum Gasteiger partial charge on any atom is 0.171 e. The zero-order valence-electron chi connectivity index (χ0n) is 10.1. The maximum atomic E-state index is 5.17. The Morgan fingerprint density at radius 3 is 2.56 bits per heavy atom. The average Bonchev–Trinajstić information content (AvgIpc) is 2.21. The lowest BCUT2D eigenvalue weighted by Gasteiger charge is -2.11. The summed E-state index contributed by atoms with van der Waals surface area (Å²) in [5.41, 5.74) is 4.62. The SMILES string of the molecule is C=C(C)CNC(=S)Nc1ccc(C)c(C)c1. The minimum Gasteiger partial charge on any atom is -0.359 e. The Balaban J connectivity index is 2.56. The van der Waals surface area contributed by atoms with E-state index in [0.29, 0.717) is 11.7 Å². The van der Waals surface area contributed by atoms with E-state index in [2.05, 4.69) is 43.2 Å². The quantitative estimate of drug-likeness (QED) is 0.620. The number of hydrogen-bond donors (Lipinski definition) is 2. The van der Waals surface area contributed by atoms with E-state index in [0.717, 1.165) is 11.3 Å². The van der Waals surface area contributed by atoms with Crippen LogP contribution in [0.1, 0.15) is 18.1 Å². The fourth-order valence-corrected chi connectivity index (χ4v) is 1.42. The van der Waals surface area contributed by atoms with E-state index in [1.54, 1.807) is 0 Å². The van der Waals surface area contributed by atoms with E-state index in [1.807, 2.05) is 13.0 Å². The smallest absolute Gasteiger partial charge is 0.171 e. The van der Waals surface area contributed by atoms with Gasteiger partial charge in [-0.1, -0.05) is 18.2 Å². The van der Waals surface area contributed by atoms with Gasteiger partial charge in [-0.3, -0.25) is 0 Å². The lowest BCUT2D eigenvalue weighted by atomic mass is 10.1. The van der Waals surface area contributed by atoms with Crippen molar-refractivity contribution in [3.63, 3.8) is 0 Å². The number of nitrogens with one attached hydrogen (secondary N) is 2. The Morgan fingerprint density at radius 2 is 2.00 bits per heavy atom. The van der Waals surface area contributed by atoms with Gasteiger partial charge in [0.2, 0.25) is 0 Å². The summed E-state index contributed by atoms with van der Waals surface area (Å²) in [5.74, 6) is 0. The molecule has 0 amide bonds. The van der Waals surface area contributed by atoms with Crippen molar-refractivity contribution >= 4 is 23.0 Å². The molecule has 86 valence electrons. The Labute approximate surface area is 103 Å². The number of aryl methyl sites for hydroxylation is 2. The Bertz CT molecular complexity index is 410. The number of anilines is 1. The summed E-state index contributed by atoms with van der Waals surface area (Å²) in [6, 6.07) is 6.19. The molecule has 0 spiro atoms. The Morgan fingerprint density at radius 1 is 1.31 bits per heavy atom. The minimum absolute atomic E-state index is 0.631. The minimum atomic E-state index is 0.631. The molecule has 1 aromatic rings. The average molecular weight is 234 g/mol. The fraction of sp³-hybridized carbons (Fsp3) is 0.308. The molecule has 0 aliphatic heterocycles. The predicted octanol–water partition coefficient (Wildman–Crippen LogP) is 3.17. The molecule has 16 heavy (non-hydrogen) atoms. The molecular weight excluding hydrogens is 216 g/mol. The van der Waals surface area contributed by atoms with E-state index < -0.39 is 0 Å². The van der Waals surface area contributed by atoms with Crippen LogP contribution in [-0.4, -0.2) is 11.7 Å². The second-order valence-electron chi connectivity index (χ2n) is 4.06. The summed E-state index contributed by atoms with van der Waals surface area (Å²) in [4.78, 5) is 0. The second kappa shape index (κ2) is 5.66. The number of rotatable bonds is 3. The number of thiocarbonyl (C=S) groups is 1. The van der Waals surface area contributed by atoms with Crippen LogP contribution >= 0.6 is 12.2 Å². The summed E-state index contributed by atoms with van der Waals surface area (Å²) >= 11 is 5.17. The van der Waals surface area contributed by atoms with E-state index in [-0.39, 0.29) is 0 Å². The van der Waals surface area contributed by atoms with Gasteiger partial charge in [0, 0.05) is 12.2 Å². The van der Waals surface area contributed by atoms with Crippen LogP contribution < -0.4 is 10.6 Å². The third-order valence-electron chi connectivity index (χ3n) is 2.32. The van der Waals surface area contributed by atoms with Crippen LogP contribution in [0.2, 0.25) is 0 Å². The molecule has 0 aliphatic rings. The highest BCUT2D eigenvalue weighted by molar-refractivity contribution is 7.80. The molecule has 0 aromatic heterocycles. The van der Waals surface area contributed by atoms with Crippen LogP contribution in [-0.2, 0) is 0 Å². The topological polar surface area (TPSA) is 24.1 Å². The summed E-state index contributed by atoms with van der Waals surface area (Å²) in [6.07, 6.45) is 0. The maximum absolute atomic E-state index is 5.17. The Kier molecular flexibility index (Phi) is 4.50. The normalized spacial score (nSPS) is 9.69. The largest absolute Gasteiger partial charge is 0.359 e. The van der Waals surface area contributed by atoms with Gasteiger partial charge in [-0.25, -0.2) is 0 Å². The van der Waals surface area contributed by atoms with Crippen molar-refractivity contribution in [2.24, 2.45) is 0 Å². The Hall–Kier alpha value is -1.35. The molecule has 0 unspecified atom stereocenters. The summed E-state index contributed by atoms with van der Waals surface area (Å²) in [5, 5.41) is 6.86. The summed E-state index contributed by atoms with van der Waals surface area (Å²) in [6.45, 7) is 10.7. The van der Waals surface area contributed by atoms with Crippen LogP contribution in [0.25, 0.3) is 0 Å². The van der Waals surface area contributed by atoms with Gasteiger partial charge in [-0.15, -0.1) is 0 Å². The van der Waals surface area contributed by atoms with Gasteiger partial charge < -0.3 is 10.6 Å². The highest BCUT2D eigenvalue weighted by Crippen LogP contribution is 2.13. The van der Waals surface area contributed by atoms with E-state index in [9.17, 15) is 0 Å². The zero-order valence-corrected chi connectivity index (χ0v) is 10.9. The van der Waals surface area contributed by atoms with Gasteiger partial charge >= 0.3 is 0 Å². The molecular formula is C13H18N2S. The molecule has 0 atom stereocenters. The first-order valence-electron chi connectivity index (χ1n) is 5.25. The van der Waals surface area contributed by atoms with Gasteiger partial charge in [0.15, 0.2) is 5.11 Å². The van der Waals surface area contributed by atoms with E-state index >= 15 is 0 Å². The lowest BCUT2D eigenvalue weighted by molar-refractivity contribution is 1.000. The molecule has 0 bridgehead atoms. The highest BCUT2D eigenvalue weighted by atomic mass is 32.1. The van der Waals surface area contributed by atoms with Gasteiger partial charge in [0.05, 0.1) is 0 Å². The molecule has 1 rings (SSSR count). The van der Waals surface area contributed by atoms with Crippen molar-refractivity contribution in [3.8, 4) is 0 Å². The lowest BCUT2D eigenvalue weighted by Crippen LogP contribution is -2.29. The molecule has 2 N–H and O–H groups in total. The standard InChI is InChI=1S/C13H18N2S/c1-9(2)8-14-13(16)15-12-6-5-10(3)11(4)7-12/h5-7H,1,8H2,2-4H3,(H2,14,15,16). The van der Waals surface area contributed by atoms with E-state index in [1.165, 1.54) is 11.1 Å². The van der Waals surface area contributed by atoms with Crippen molar-refractivity contribution in [1.82, 2.24) is 5.32 Å². The van der Waals surface area contributed by atoms with Crippen LogP contribution in [0.15, 0.2) is 30.4 Å². The van der Waals surface area contributed by atoms with Crippen molar-refractivity contribution in [3.05, 3.63) is 41.5 Å². The first-order valence-corrected chi connectivity index (χ1v) is 5.66. The number of benzene rings is 1. The van der Waals surface area contributed by atoms with Gasteiger partial charge in [0.25, 0.3) is 0 Å². The van der Waals surface area contributed by atoms with Crippen molar-refractivity contribution < 1.29 is 0 Å². The molecule has 0 radical (unpaired) electrons. The molecule has 2 nitrogen and oxygen atoms in total. The fourth-order valence-electron chi connectivity index (χ4n) is 1.23. The summed E-state index contributed by atoms with van der Waals surface area (Å²) < 4.78 is 0. The zero-order chi connectivity index (χ0) is 12.1. The van der Waals surface area contributed by atoms with Gasteiger partial charge in [-0.05, 0) is 56.2 Å². The van der Waals surface area contributed by atoms with Crippen molar-refractivity contribution in [1.29, 1.82) is 0 Å². The van der Waals surface area contributed by atoms with Crippen molar-refractivity contribution in [2.45, 2.75) is 20.8 Å². The molecule has 0 saturated heterocycles.